The van der Waals surface area contributed by atoms with Gasteiger partial charge in [-0.3, -0.25) is 0 Å². The number of aryl methyl sites for hydroxylation is 2. The van der Waals surface area contributed by atoms with Crippen molar-refractivity contribution in [2.24, 2.45) is 4.99 Å². The van der Waals surface area contributed by atoms with Crippen molar-refractivity contribution in [2.75, 3.05) is 10.6 Å². The zero-order chi connectivity index (χ0) is 18.2. The molecule has 0 amide bonds. The van der Waals surface area contributed by atoms with Gasteiger partial charge in [0, 0.05) is 23.9 Å². The Morgan fingerprint density at radius 2 is 2.07 bits per heavy atom. The third kappa shape index (κ3) is 3.12. The molecule has 27 heavy (non-hydrogen) atoms. The highest BCUT2D eigenvalue weighted by Gasteiger charge is 2.24. The molecule has 1 atom stereocenters. The van der Waals surface area contributed by atoms with Gasteiger partial charge < -0.3 is 19.8 Å². The number of hydrogen-bond acceptors (Lipinski definition) is 6. The second-order valence-corrected chi connectivity index (χ2v) is 6.72. The number of nitrogens with zero attached hydrogens (tertiary/aromatic N) is 3. The van der Waals surface area contributed by atoms with E-state index in [2.05, 4.69) is 45.1 Å². The van der Waals surface area contributed by atoms with Crippen LogP contribution in [0, 0.1) is 6.92 Å². The second kappa shape index (κ2) is 6.42. The van der Waals surface area contributed by atoms with E-state index in [1.807, 2.05) is 18.2 Å². The van der Waals surface area contributed by atoms with Crippen LogP contribution in [0.3, 0.4) is 0 Å². The maximum atomic E-state index is 5.85. The summed E-state index contributed by atoms with van der Waals surface area (Å²) in [6.45, 7) is 2.22. The van der Waals surface area contributed by atoms with Gasteiger partial charge in [0.05, 0.1) is 6.04 Å². The minimum Gasteiger partial charge on any atom is -0.460 e. The zero-order valence-corrected chi connectivity index (χ0v) is 14.9. The van der Waals surface area contributed by atoms with Gasteiger partial charge in [-0.15, -0.1) is 5.10 Å². The molecule has 7 nitrogen and oxygen atoms in total. The van der Waals surface area contributed by atoms with Crippen molar-refractivity contribution in [1.29, 1.82) is 0 Å². The molecule has 2 aliphatic rings. The Hall–Kier alpha value is -3.35. The highest BCUT2D eigenvalue weighted by molar-refractivity contribution is 5.92. The summed E-state index contributed by atoms with van der Waals surface area (Å²) in [6, 6.07) is 15.6. The molecule has 1 aromatic heterocycles. The summed E-state index contributed by atoms with van der Waals surface area (Å²) < 4.78 is 11.2. The average Bonchev–Trinajstić information content (AvgIpc) is 3.28. The lowest BCUT2D eigenvalue weighted by atomic mass is 10.1. The predicted molar refractivity (Wildman–Crippen MR) is 102 cm³/mol. The number of ether oxygens (including phenoxy) is 1. The fourth-order valence-electron chi connectivity index (χ4n) is 3.56. The van der Waals surface area contributed by atoms with Crippen molar-refractivity contribution in [1.82, 2.24) is 10.2 Å². The van der Waals surface area contributed by atoms with E-state index in [1.54, 1.807) is 6.92 Å². The minimum atomic E-state index is 0.159. The standard InChI is InChI=1S/C20H19N5O2/c1-12-24-25-20(27-12)21-15-7-9-17-14(10-15)11-26-19(22-17)23-18-8-6-13-4-2-3-5-16(13)18/h2-5,7,9-10,18H,6,8,11H2,1H3,(H,21,25)(H,22,23)/t18-/m1/s1. The quantitative estimate of drug-likeness (QED) is 0.730. The first-order valence-electron chi connectivity index (χ1n) is 9.00. The highest BCUT2D eigenvalue weighted by atomic mass is 16.5. The lowest BCUT2D eigenvalue weighted by molar-refractivity contribution is 0.282. The summed E-state index contributed by atoms with van der Waals surface area (Å²) >= 11 is 0. The number of aromatic nitrogens is 2. The van der Waals surface area contributed by atoms with E-state index in [0.29, 0.717) is 24.5 Å². The van der Waals surface area contributed by atoms with Crippen molar-refractivity contribution in [3.63, 3.8) is 0 Å². The third-order valence-corrected chi connectivity index (χ3v) is 4.86. The van der Waals surface area contributed by atoms with Crippen LogP contribution in [-0.4, -0.2) is 16.2 Å². The van der Waals surface area contributed by atoms with Gasteiger partial charge in [-0.2, -0.15) is 0 Å². The van der Waals surface area contributed by atoms with E-state index in [0.717, 1.165) is 29.8 Å². The molecule has 0 saturated heterocycles. The van der Waals surface area contributed by atoms with Gasteiger partial charge in [-0.25, -0.2) is 4.99 Å². The Kier molecular flexibility index (Phi) is 3.78. The first-order valence-corrected chi connectivity index (χ1v) is 9.00. The maximum absolute atomic E-state index is 5.85. The molecule has 0 bridgehead atoms. The van der Waals surface area contributed by atoms with Gasteiger partial charge in [0.15, 0.2) is 0 Å². The van der Waals surface area contributed by atoms with Crippen LogP contribution in [0.25, 0.3) is 0 Å². The number of nitrogens with one attached hydrogen (secondary N) is 2. The van der Waals surface area contributed by atoms with Crippen LogP contribution in [0.1, 0.15) is 35.0 Å². The molecular formula is C20H19N5O2. The Balaban J connectivity index is 1.33. The van der Waals surface area contributed by atoms with E-state index in [-0.39, 0.29) is 6.04 Å². The summed E-state index contributed by atoms with van der Waals surface area (Å²) in [7, 11) is 0. The summed E-state index contributed by atoms with van der Waals surface area (Å²) in [6.07, 6.45) is 2.09. The Morgan fingerprint density at radius 3 is 2.96 bits per heavy atom. The van der Waals surface area contributed by atoms with Gasteiger partial charge in [0.2, 0.25) is 5.89 Å². The molecule has 0 fully saturated rings. The highest BCUT2D eigenvalue weighted by Crippen LogP contribution is 2.35. The molecule has 3 aromatic rings. The first-order chi connectivity index (χ1) is 13.2. The second-order valence-electron chi connectivity index (χ2n) is 6.72. The lowest BCUT2D eigenvalue weighted by Gasteiger charge is -2.22. The summed E-state index contributed by atoms with van der Waals surface area (Å²) in [4.78, 5) is 4.80. The molecule has 0 spiro atoms. The summed E-state index contributed by atoms with van der Waals surface area (Å²) in [5, 5.41) is 14.2. The van der Waals surface area contributed by atoms with Crippen molar-refractivity contribution >= 4 is 23.4 Å². The van der Waals surface area contributed by atoms with Crippen molar-refractivity contribution in [3.8, 4) is 0 Å². The normalized spacial score (nSPS) is 19.1. The molecule has 5 rings (SSSR count). The van der Waals surface area contributed by atoms with E-state index < -0.39 is 0 Å². The molecular weight excluding hydrogens is 342 g/mol. The van der Waals surface area contributed by atoms with Crippen LogP contribution in [0.15, 0.2) is 51.9 Å². The van der Waals surface area contributed by atoms with Gasteiger partial charge in [0.1, 0.15) is 6.61 Å². The number of rotatable bonds is 3. The molecule has 2 aromatic carbocycles. The number of aliphatic imine (C=N–C) groups is 1. The van der Waals surface area contributed by atoms with Crippen LogP contribution >= 0.6 is 0 Å². The smallest absolute Gasteiger partial charge is 0.320 e. The molecule has 0 unspecified atom stereocenters. The average molecular weight is 361 g/mol. The van der Waals surface area contributed by atoms with Gasteiger partial charge in [-0.1, -0.05) is 29.4 Å². The van der Waals surface area contributed by atoms with E-state index in [9.17, 15) is 0 Å². The fourth-order valence-corrected chi connectivity index (χ4v) is 3.56. The lowest BCUT2D eigenvalue weighted by Crippen LogP contribution is -2.23. The van der Waals surface area contributed by atoms with Crippen LogP contribution < -0.4 is 10.6 Å². The van der Waals surface area contributed by atoms with E-state index in [4.69, 9.17) is 14.1 Å². The van der Waals surface area contributed by atoms with Crippen molar-refractivity contribution in [3.05, 3.63) is 65.0 Å². The van der Waals surface area contributed by atoms with Gasteiger partial charge >= 0.3 is 6.01 Å². The Bertz CT molecular complexity index is 1030. The number of amidine groups is 1. The van der Waals surface area contributed by atoms with Gasteiger partial charge in [-0.05, 0) is 42.2 Å². The van der Waals surface area contributed by atoms with E-state index >= 15 is 0 Å². The molecule has 7 heteroatoms. The summed E-state index contributed by atoms with van der Waals surface area (Å²) in [5.74, 6) is 0.523. The monoisotopic (exact) mass is 361 g/mol. The number of fused-ring (bicyclic) bond motifs is 2. The third-order valence-electron chi connectivity index (χ3n) is 4.86. The molecule has 1 aliphatic heterocycles. The number of hydrogen-bond donors (Lipinski definition) is 2. The Labute approximate surface area is 156 Å². The van der Waals surface area contributed by atoms with Crippen LogP contribution in [0.2, 0.25) is 0 Å². The van der Waals surface area contributed by atoms with Crippen molar-refractivity contribution < 1.29 is 9.15 Å². The molecule has 2 N–H and O–H groups in total. The molecule has 1 aliphatic carbocycles. The molecule has 136 valence electrons. The van der Waals surface area contributed by atoms with Crippen LogP contribution in [0.5, 0.6) is 0 Å². The summed E-state index contributed by atoms with van der Waals surface area (Å²) in [5.41, 5.74) is 5.60. The molecule has 0 saturated carbocycles. The predicted octanol–water partition coefficient (Wildman–Crippen LogP) is 4.11. The molecule has 2 heterocycles. The first kappa shape index (κ1) is 15.9. The fraction of sp³-hybridized carbons (Fsp3) is 0.250. The maximum Gasteiger partial charge on any atom is 0.320 e. The SMILES string of the molecule is Cc1nnc(Nc2ccc3c(c2)COC(=N[C@@H]2CCc4ccccc42)N3)o1. The largest absolute Gasteiger partial charge is 0.460 e. The molecule has 0 radical (unpaired) electrons. The van der Waals surface area contributed by atoms with Crippen molar-refractivity contribution in [2.45, 2.75) is 32.4 Å². The van der Waals surface area contributed by atoms with Crippen LogP contribution in [0.4, 0.5) is 17.4 Å². The van der Waals surface area contributed by atoms with Crippen LogP contribution in [-0.2, 0) is 17.8 Å². The minimum absolute atomic E-state index is 0.159. The Morgan fingerprint density at radius 1 is 1.15 bits per heavy atom. The zero-order valence-electron chi connectivity index (χ0n) is 14.9. The topological polar surface area (TPSA) is 84.6 Å². The number of anilines is 3. The van der Waals surface area contributed by atoms with Gasteiger partial charge in [0.25, 0.3) is 6.02 Å². The van der Waals surface area contributed by atoms with E-state index in [1.165, 1.54) is 11.1 Å². The number of benzene rings is 2.